The number of amides is 1. The van der Waals surface area contributed by atoms with E-state index in [4.69, 9.17) is 5.26 Å². The molecule has 1 aliphatic rings. The van der Waals surface area contributed by atoms with Gasteiger partial charge in [0.25, 0.3) is 5.91 Å². The molecular formula is C21H22N2O2. The van der Waals surface area contributed by atoms with Crippen molar-refractivity contribution in [2.75, 3.05) is 6.54 Å². The number of carbonyl (C=O) groups excluding carboxylic acids is 1. The van der Waals surface area contributed by atoms with Gasteiger partial charge in [0.15, 0.2) is 0 Å². The average molecular weight is 334 g/mol. The lowest BCUT2D eigenvalue weighted by Crippen LogP contribution is -2.36. The molecule has 1 amide bonds. The average Bonchev–Trinajstić information content (AvgIpc) is 3.09. The lowest BCUT2D eigenvalue weighted by atomic mass is 9.99. The van der Waals surface area contributed by atoms with E-state index in [1.165, 1.54) is 0 Å². The molecule has 1 aliphatic heterocycles. The molecule has 0 saturated carbocycles. The van der Waals surface area contributed by atoms with Crippen LogP contribution in [0.3, 0.4) is 0 Å². The van der Waals surface area contributed by atoms with E-state index in [2.05, 4.69) is 6.07 Å². The molecule has 0 aliphatic carbocycles. The van der Waals surface area contributed by atoms with E-state index in [9.17, 15) is 9.90 Å². The Morgan fingerprint density at radius 1 is 1.32 bits per heavy atom. The quantitative estimate of drug-likeness (QED) is 0.929. The summed E-state index contributed by atoms with van der Waals surface area (Å²) < 4.78 is 0. The Kier molecular flexibility index (Phi) is 5.16. The van der Waals surface area contributed by atoms with E-state index in [-0.39, 0.29) is 11.9 Å². The fraction of sp³-hybridized carbons (Fsp3) is 0.333. The Morgan fingerprint density at radius 2 is 2.08 bits per heavy atom. The summed E-state index contributed by atoms with van der Waals surface area (Å²) in [6.07, 6.45) is 1.84. The van der Waals surface area contributed by atoms with Crippen molar-refractivity contribution >= 4 is 5.91 Å². The molecule has 128 valence electrons. The molecule has 2 aromatic carbocycles. The molecule has 0 radical (unpaired) electrons. The van der Waals surface area contributed by atoms with Crippen molar-refractivity contribution in [2.24, 2.45) is 0 Å². The van der Waals surface area contributed by atoms with Gasteiger partial charge in [0, 0.05) is 18.2 Å². The number of aryl methyl sites for hydroxylation is 1. The van der Waals surface area contributed by atoms with Gasteiger partial charge in [0.1, 0.15) is 0 Å². The Bertz CT molecular complexity index is 795. The van der Waals surface area contributed by atoms with E-state index in [1.54, 1.807) is 18.2 Å². The zero-order valence-electron chi connectivity index (χ0n) is 14.4. The van der Waals surface area contributed by atoms with Crippen LogP contribution < -0.4 is 0 Å². The van der Waals surface area contributed by atoms with E-state index in [0.29, 0.717) is 24.1 Å². The monoisotopic (exact) mass is 334 g/mol. The summed E-state index contributed by atoms with van der Waals surface area (Å²) in [6.45, 7) is 2.57. The van der Waals surface area contributed by atoms with E-state index < -0.39 is 6.10 Å². The highest BCUT2D eigenvalue weighted by atomic mass is 16.3. The first-order valence-electron chi connectivity index (χ1n) is 8.65. The number of aliphatic hydroxyl groups excluding tert-OH is 1. The standard InChI is InChI=1S/C21H22N2O2/c1-15-12-16(14-22)9-10-19(15)21(25)23-11-5-8-18(23)13-20(24)17-6-3-2-4-7-17/h2-4,6-7,9-10,12,18,20,24H,5,8,11,13H2,1H3. The summed E-state index contributed by atoms with van der Waals surface area (Å²) in [5.74, 6) is -0.00949. The largest absolute Gasteiger partial charge is 0.388 e. The molecule has 4 nitrogen and oxygen atoms in total. The van der Waals surface area contributed by atoms with Crippen LogP contribution in [-0.2, 0) is 0 Å². The molecule has 1 saturated heterocycles. The second-order valence-corrected chi connectivity index (χ2v) is 6.60. The van der Waals surface area contributed by atoms with Crippen LogP contribution in [0.2, 0.25) is 0 Å². The van der Waals surface area contributed by atoms with Crippen molar-refractivity contribution in [3.63, 3.8) is 0 Å². The van der Waals surface area contributed by atoms with Crippen molar-refractivity contribution in [2.45, 2.75) is 38.3 Å². The fourth-order valence-corrected chi connectivity index (χ4v) is 3.55. The van der Waals surface area contributed by atoms with Crippen LogP contribution in [0.1, 0.15) is 52.4 Å². The number of rotatable bonds is 4. The van der Waals surface area contributed by atoms with Crippen LogP contribution in [0.4, 0.5) is 0 Å². The van der Waals surface area contributed by atoms with Crippen LogP contribution in [-0.4, -0.2) is 28.5 Å². The minimum absolute atomic E-state index is 0.00949. The van der Waals surface area contributed by atoms with Crippen molar-refractivity contribution in [3.8, 4) is 6.07 Å². The number of nitriles is 1. The highest BCUT2D eigenvalue weighted by Crippen LogP contribution is 2.29. The van der Waals surface area contributed by atoms with Crippen LogP contribution in [0.15, 0.2) is 48.5 Å². The second-order valence-electron chi connectivity index (χ2n) is 6.60. The van der Waals surface area contributed by atoms with Gasteiger partial charge in [-0.25, -0.2) is 0 Å². The van der Waals surface area contributed by atoms with Gasteiger partial charge >= 0.3 is 0 Å². The van der Waals surface area contributed by atoms with Crippen molar-refractivity contribution in [1.82, 2.24) is 4.90 Å². The maximum atomic E-state index is 13.0. The Morgan fingerprint density at radius 3 is 2.76 bits per heavy atom. The van der Waals surface area contributed by atoms with Gasteiger partial charge in [0.2, 0.25) is 0 Å². The Hall–Kier alpha value is -2.64. The summed E-state index contributed by atoms with van der Waals surface area (Å²) >= 11 is 0. The highest BCUT2D eigenvalue weighted by Gasteiger charge is 2.31. The van der Waals surface area contributed by atoms with Crippen LogP contribution in [0.5, 0.6) is 0 Å². The van der Waals surface area contributed by atoms with Crippen LogP contribution in [0.25, 0.3) is 0 Å². The lowest BCUT2D eigenvalue weighted by Gasteiger charge is -2.27. The second kappa shape index (κ2) is 7.50. The topological polar surface area (TPSA) is 64.3 Å². The first-order valence-corrected chi connectivity index (χ1v) is 8.65. The lowest BCUT2D eigenvalue weighted by molar-refractivity contribution is 0.0666. The molecule has 2 unspecified atom stereocenters. The van der Waals surface area contributed by atoms with E-state index in [1.807, 2.05) is 42.2 Å². The Labute approximate surface area is 148 Å². The number of benzene rings is 2. The van der Waals surface area contributed by atoms with Gasteiger partial charge in [-0.15, -0.1) is 0 Å². The third kappa shape index (κ3) is 3.72. The van der Waals surface area contributed by atoms with Crippen LogP contribution >= 0.6 is 0 Å². The molecule has 1 N–H and O–H groups in total. The van der Waals surface area contributed by atoms with Crippen molar-refractivity contribution in [3.05, 3.63) is 70.8 Å². The molecule has 0 spiro atoms. The predicted octanol–water partition coefficient (Wildman–Crippen LogP) is 3.60. The van der Waals surface area contributed by atoms with Crippen LogP contribution in [0, 0.1) is 18.3 Å². The van der Waals surface area contributed by atoms with Gasteiger partial charge in [-0.3, -0.25) is 4.79 Å². The predicted molar refractivity (Wildman–Crippen MR) is 96.0 cm³/mol. The maximum Gasteiger partial charge on any atom is 0.254 e. The van der Waals surface area contributed by atoms with E-state index >= 15 is 0 Å². The summed E-state index contributed by atoms with van der Waals surface area (Å²) in [7, 11) is 0. The summed E-state index contributed by atoms with van der Waals surface area (Å²) in [6, 6.07) is 16.9. The molecular weight excluding hydrogens is 312 g/mol. The van der Waals surface area contributed by atoms with E-state index in [0.717, 1.165) is 24.0 Å². The van der Waals surface area contributed by atoms with Gasteiger partial charge in [-0.1, -0.05) is 30.3 Å². The number of hydrogen-bond donors (Lipinski definition) is 1. The van der Waals surface area contributed by atoms with Gasteiger partial charge in [0.05, 0.1) is 17.7 Å². The number of nitrogens with zero attached hydrogens (tertiary/aromatic N) is 2. The maximum absolute atomic E-state index is 13.0. The van der Waals surface area contributed by atoms with Gasteiger partial charge < -0.3 is 10.0 Å². The molecule has 2 atom stereocenters. The highest BCUT2D eigenvalue weighted by molar-refractivity contribution is 5.96. The third-order valence-electron chi connectivity index (χ3n) is 4.90. The molecule has 2 aromatic rings. The SMILES string of the molecule is Cc1cc(C#N)ccc1C(=O)N1CCCC1CC(O)c1ccccc1. The minimum atomic E-state index is -0.568. The summed E-state index contributed by atoms with van der Waals surface area (Å²) in [5.41, 5.74) is 2.90. The number of carbonyl (C=O) groups is 1. The Balaban J connectivity index is 1.75. The number of likely N-dealkylation sites (tertiary alicyclic amines) is 1. The summed E-state index contributed by atoms with van der Waals surface area (Å²) in [4.78, 5) is 14.8. The molecule has 0 bridgehead atoms. The van der Waals surface area contributed by atoms with Crippen molar-refractivity contribution < 1.29 is 9.90 Å². The molecule has 3 rings (SSSR count). The molecule has 4 heteroatoms. The first kappa shape index (κ1) is 17.2. The summed E-state index contributed by atoms with van der Waals surface area (Å²) in [5, 5.41) is 19.5. The molecule has 1 heterocycles. The van der Waals surface area contributed by atoms with Crippen molar-refractivity contribution in [1.29, 1.82) is 5.26 Å². The normalized spacial score (nSPS) is 18.0. The van der Waals surface area contributed by atoms with Gasteiger partial charge in [-0.05, 0) is 55.5 Å². The third-order valence-corrected chi connectivity index (χ3v) is 4.90. The zero-order chi connectivity index (χ0) is 17.8. The number of hydrogen-bond acceptors (Lipinski definition) is 3. The zero-order valence-corrected chi connectivity index (χ0v) is 14.4. The first-order chi connectivity index (χ1) is 12.1. The van der Waals surface area contributed by atoms with Gasteiger partial charge in [-0.2, -0.15) is 5.26 Å². The smallest absolute Gasteiger partial charge is 0.254 e. The number of aliphatic hydroxyl groups is 1. The minimum Gasteiger partial charge on any atom is -0.388 e. The molecule has 1 fully saturated rings. The molecule has 0 aromatic heterocycles. The fourth-order valence-electron chi connectivity index (χ4n) is 3.55. The molecule has 25 heavy (non-hydrogen) atoms.